The summed E-state index contributed by atoms with van der Waals surface area (Å²) in [6, 6.07) is 8.78. The van der Waals surface area contributed by atoms with Crippen molar-refractivity contribution >= 4 is 17.4 Å². The molecule has 2 heterocycles. The van der Waals surface area contributed by atoms with Crippen LogP contribution in [0.5, 0.6) is 0 Å². The van der Waals surface area contributed by atoms with E-state index in [2.05, 4.69) is 34.7 Å². The Balaban J connectivity index is 1.84. The topological polar surface area (TPSA) is 42.7 Å². The maximum atomic E-state index is 4.06. The minimum Gasteiger partial charge on any atom is -0.380 e. The average molecular weight is 260 g/mol. The molecule has 2 atom stereocenters. The van der Waals surface area contributed by atoms with Crippen LogP contribution >= 0.6 is 11.8 Å². The molecule has 0 amide bonds. The molecule has 5 heteroatoms. The van der Waals surface area contributed by atoms with Crippen LogP contribution in [0.4, 0.5) is 5.69 Å². The van der Waals surface area contributed by atoms with Crippen LogP contribution in [0.15, 0.2) is 36.7 Å². The third kappa shape index (κ3) is 2.36. The minimum absolute atomic E-state index is 0.551. The monoisotopic (exact) mass is 260 g/mol. The Morgan fingerprint density at radius 1 is 1.39 bits per heavy atom. The number of anilines is 1. The van der Waals surface area contributed by atoms with Gasteiger partial charge in [0.2, 0.25) is 0 Å². The van der Waals surface area contributed by atoms with Gasteiger partial charge < -0.3 is 5.32 Å². The Bertz CT molecular complexity index is 511. The number of rotatable bonds is 3. The van der Waals surface area contributed by atoms with Crippen molar-refractivity contribution in [3.63, 3.8) is 0 Å². The van der Waals surface area contributed by atoms with Crippen LogP contribution < -0.4 is 5.32 Å². The first-order valence-electron chi connectivity index (χ1n) is 6.17. The first-order valence-corrected chi connectivity index (χ1v) is 7.21. The van der Waals surface area contributed by atoms with E-state index < -0.39 is 0 Å². The zero-order valence-electron chi connectivity index (χ0n) is 10.3. The van der Waals surface area contributed by atoms with Gasteiger partial charge in [-0.2, -0.15) is 11.8 Å². The van der Waals surface area contributed by atoms with Gasteiger partial charge in [-0.15, -0.1) is 5.10 Å². The van der Waals surface area contributed by atoms with Gasteiger partial charge in [0.15, 0.2) is 0 Å². The standard InChI is InChI=1S/C13H16N4S/c1-10-8-11(9-18-10)15-12-4-2-3-5-13(12)17-7-6-14-16-17/h2-7,10-11,15H,8-9H2,1H3. The van der Waals surface area contributed by atoms with E-state index in [1.807, 2.05) is 30.1 Å². The smallest absolute Gasteiger partial charge is 0.0894 e. The third-order valence-corrected chi connectivity index (χ3v) is 4.49. The van der Waals surface area contributed by atoms with Gasteiger partial charge in [0.05, 0.1) is 23.8 Å². The number of hydrogen-bond acceptors (Lipinski definition) is 4. The van der Waals surface area contributed by atoms with Gasteiger partial charge >= 0.3 is 0 Å². The SMILES string of the molecule is CC1CC(Nc2ccccc2-n2ccnn2)CS1. The molecule has 1 aromatic carbocycles. The highest BCUT2D eigenvalue weighted by molar-refractivity contribution is 8.00. The molecule has 1 saturated heterocycles. The maximum Gasteiger partial charge on any atom is 0.0894 e. The lowest BCUT2D eigenvalue weighted by Gasteiger charge is -2.16. The highest BCUT2D eigenvalue weighted by atomic mass is 32.2. The molecule has 0 bridgehead atoms. The molecule has 1 aromatic heterocycles. The molecule has 0 saturated carbocycles. The van der Waals surface area contributed by atoms with E-state index in [4.69, 9.17) is 0 Å². The fourth-order valence-electron chi connectivity index (χ4n) is 2.27. The first kappa shape index (κ1) is 11.6. The van der Waals surface area contributed by atoms with Gasteiger partial charge in [0.25, 0.3) is 0 Å². The maximum absolute atomic E-state index is 4.06. The van der Waals surface area contributed by atoms with E-state index in [-0.39, 0.29) is 0 Å². The number of nitrogens with zero attached hydrogens (tertiary/aromatic N) is 3. The zero-order valence-corrected chi connectivity index (χ0v) is 11.1. The summed E-state index contributed by atoms with van der Waals surface area (Å²) in [5, 5.41) is 12.3. The van der Waals surface area contributed by atoms with E-state index in [1.165, 1.54) is 12.2 Å². The van der Waals surface area contributed by atoms with E-state index in [0.29, 0.717) is 6.04 Å². The average Bonchev–Trinajstić information content (AvgIpc) is 3.02. The first-order chi connectivity index (χ1) is 8.83. The molecule has 1 aliphatic rings. The fourth-order valence-corrected chi connectivity index (χ4v) is 3.42. The zero-order chi connectivity index (χ0) is 12.4. The van der Waals surface area contributed by atoms with Crippen molar-refractivity contribution in [3.8, 4) is 5.69 Å². The van der Waals surface area contributed by atoms with Crippen LogP contribution in [0.1, 0.15) is 13.3 Å². The normalized spacial score (nSPS) is 23.2. The molecule has 1 aliphatic heterocycles. The third-order valence-electron chi connectivity index (χ3n) is 3.13. The molecule has 94 valence electrons. The molecule has 2 unspecified atom stereocenters. The molecular weight excluding hydrogens is 244 g/mol. The predicted octanol–water partition coefficient (Wildman–Crippen LogP) is 2.57. The molecular formula is C13H16N4S. The van der Waals surface area contributed by atoms with E-state index in [1.54, 1.807) is 10.9 Å². The van der Waals surface area contributed by atoms with Crippen molar-refractivity contribution in [1.29, 1.82) is 0 Å². The van der Waals surface area contributed by atoms with Crippen molar-refractivity contribution in [2.24, 2.45) is 0 Å². The summed E-state index contributed by atoms with van der Waals surface area (Å²) in [4.78, 5) is 0. The summed E-state index contributed by atoms with van der Waals surface area (Å²) in [6.45, 7) is 2.29. The van der Waals surface area contributed by atoms with Crippen molar-refractivity contribution in [3.05, 3.63) is 36.7 Å². The van der Waals surface area contributed by atoms with Gasteiger partial charge in [-0.05, 0) is 18.6 Å². The molecule has 3 rings (SSSR count). The van der Waals surface area contributed by atoms with Crippen LogP contribution in [-0.4, -0.2) is 32.0 Å². The molecule has 4 nitrogen and oxygen atoms in total. The summed E-state index contributed by atoms with van der Waals surface area (Å²) in [5.74, 6) is 1.17. The molecule has 0 aliphatic carbocycles. The van der Waals surface area contributed by atoms with Crippen molar-refractivity contribution in [2.45, 2.75) is 24.6 Å². The number of thioether (sulfide) groups is 1. The summed E-state index contributed by atoms with van der Waals surface area (Å²) >= 11 is 2.03. The second-order valence-corrected chi connectivity index (χ2v) is 6.06. The van der Waals surface area contributed by atoms with E-state index >= 15 is 0 Å². The molecule has 0 spiro atoms. The van der Waals surface area contributed by atoms with Gasteiger partial charge in [0, 0.05) is 17.0 Å². The number of hydrogen-bond donors (Lipinski definition) is 1. The lowest BCUT2D eigenvalue weighted by Crippen LogP contribution is -2.20. The summed E-state index contributed by atoms with van der Waals surface area (Å²) in [5.41, 5.74) is 2.18. The lowest BCUT2D eigenvalue weighted by molar-refractivity contribution is 0.742. The van der Waals surface area contributed by atoms with Crippen LogP contribution in [0, 0.1) is 0 Å². The second-order valence-electron chi connectivity index (χ2n) is 4.59. The quantitative estimate of drug-likeness (QED) is 0.921. The van der Waals surface area contributed by atoms with Gasteiger partial charge in [-0.25, -0.2) is 4.68 Å². The van der Waals surface area contributed by atoms with Crippen LogP contribution in [0.3, 0.4) is 0 Å². The molecule has 1 fully saturated rings. The summed E-state index contributed by atoms with van der Waals surface area (Å²) < 4.78 is 1.80. The Kier molecular flexibility index (Phi) is 3.23. The second kappa shape index (κ2) is 5.02. The predicted molar refractivity (Wildman–Crippen MR) is 75.3 cm³/mol. The highest BCUT2D eigenvalue weighted by Gasteiger charge is 2.22. The molecule has 0 radical (unpaired) electrons. The molecule has 18 heavy (non-hydrogen) atoms. The summed E-state index contributed by atoms with van der Waals surface area (Å²) in [6.07, 6.45) is 4.78. The highest BCUT2D eigenvalue weighted by Crippen LogP contribution is 2.29. The lowest BCUT2D eigenvalue weighted by atomic mass is 10.1. The number of nitrogens with one attached hydrogen (secondary N) is 1. The summed E-state index contributed by atoms with van der Waals surface area (Å²) in [7, 11) is 0. The molecule has 2 aromatic rings. The molecule has 1 N–H and O–H groups in total. The van der Waals surface area contributed by atoms with Crippen LogP contribution in [0.2, 0.25) is 0 Å². The number of para-hydroxylation sites is 2. The Morgan fingerprint density at radius 2 is 2.28 bits per heavy atom. The minimum atomic E-state index is 0.551. The van der Waals surface area contributed by atoms with E-state index in [9.17, 15) is 0 Å². The van der Waals surface area contributed by atoms with Crippen molar-refractivity contribution in [1.82, 2.24) is 15.0 Å². The Morgan fingerprint density at radius 3 is 3.00 bits per heavy atom. The Hall–Kier alpha value is -1.49. The largest absolute Gasteiger partial charge is 0.380 e. The van der Waals surface area contributed by atoms with E-state index in [0.717, 1.165) is 16.6 Å². The number of benzene rings is 1. The van der Waals surface area contributed by atoms with Gasteiger partial charge in [-0.1, -0.05) is 24.3 Å². The number of aromatic nitrogens is 3. The Labute approximate surface area is 111 Å². The van der Waals surface area contributed by atoms with Crippen molar-refractivity contribution < 1.29 is 0 Å². The van der Waals surface area contributed by atoms with Crippen LogP contribution in [-0.2, 0) is 0 Å². The van der Waals surface area contributed by atoms with Crippen molar-refractivity contribution in [2.75, 3.05) is 11.1 Å². The fraction of sp³-hybridized carbons (Fsp3) is 0.385. The van der Waals surface area contributed by atoms with Gasteiger partial charge in [-0.3, -0.25) is 0 Å². The van der Waals surface area contributed by atoms with Gasteiger partial charge in [0.1, 0.15) is 0 Å². The van der Waals surface area contributed by atoms with Crippen LogP contribution in [0.25, 0.3) is 5.69 Å².